The van der Waals surface area contributed by atoms with Crippen LogP contribution in [0.25, 0.3) is 21.7 Å². The molecule has 4 rings (SSSR count). The van der Waals surface area contributed by atoms with Crippen LogP contribution in [0.15, 0.2) is 36.4 Å². The van der Waals surface area contributed by atoms with E-state index in [0.717, 1.165) is 72.3 Å². The minimum Gasteiger partial charge on any atom is -0.335 e. The molecule has 5 nitrogen and oxygen atoms in total. The number of piperazine rings is 1. The van der Waals surface area contributed by atoms with E-state index in [9.17, 15) is 4.79 Å². The zero-order valence-electron chi connectivity index (χ0n) is 16.0. The molecule has 1 aromatic carbocycles. The molecule has 0 spiro atoms. The Morgan fingerprint density at radius 2 is 1.85 bits per heavy atom. The van der Waals surface area contributed by atoms with Gasteiger partial charge in [0.1, 0.15) is 0 Å². The molecule has 0 bridgehead atoms. The fourth-order valence-corrected chi connectivity index (χ4v) is 4.68. The monoisotopic (exact) mass is 382 g/mol. The lowest BCUT2D eigenvalue weighted by Crippen LogP contribution is -2.48. The van der Waals surface area contributed by atoms with Crippen LogP contribution in [0.5, 0.6) is 0 Å². The summed E-state index contributed by atoms with van der Waals surface area (Å²) in [5.41, 5.74) is 2.17. The van der Waals surface area contributed by atoms with Gasteiger partial charge in [0.25, 0.3) is 5.91 Å². The summed E-state index contributed by atoms with van der Waals surface area (Å²) in [4.78, 5) is 24.0. The third-order valence-electron chi connectivity index (χ3n) is 5.25. The highest BCUT2D eigenvalue weighted by atomic mass is 32.1. The molecular formula is C21H26N4OS. The van der Waals surface area contributed by atoms with Crippen molar-refractivity contribution in [2.24, 2.45) is 0 Å². The molecule has 2 aromatic heterocycles. The van der Waals surface area contributed by atoms with Gasteiger partial charge in [0.15, 0.2) is 5.82 Å². The van der Waals surface area contributed by atoms with E-state index >= 15 is 0 Å². The first kappa shape index (κ1) is 18.2. The lowest BCUT2D eigenvalue weighted by molar-refractivity contribution is 0.0648. The number of likely N-dealkylation sites (N-methyl/N-ethyl adjacent to an activating group) is 1. The molecular weight excluding hydrogens is 356 g/mol. The van der Waals surface area contributed by atoms with E-state index in [4.69, 9.17) is 4.98 Å². The number of aryl methyl sites for hydroxylation is 1. The maximum atomic E-state index is 12.9. The number of rotatable bonds is 5. The summed E-state index contributed by atoms with van der Waals surface area (Å²) in [6.45, 7) is 9.89. The molecule has 27 heavy (non-hydrogen) atoms. The van der Waals surface area contributed by atoms with Crippen LogP contribution in [0.1, 0.15) is 29.9 Å². The fraction of sp³-hybridized carbons (Fsp3) is 0.429. The molecule has 0 N–H and O–H groups in total. The van der Waals surface area contributed by atoms with Gasteiger partial charge >= 0.3 is 0 Å². The highest BCUT2D eigenvalue weighted by Crippen LogP contribution is 2.31. The Bertz CT molecular complexity index is 937. The van der Waals surface area contributed by atoms with E-state index in [1.54, 1.807) is 11.3 Å². The van der Waals surface area contributed by atoms with Gasteiger partial charge in [0.2, 0.25) is 0 Å². The number of aromatic nitrogens is 2. The van der Waals surface area contributed by atoms with Gasteiger partial charge in [-0.1, -0.05) is 26.0 Å². The van der Waals surface area contributed by atoms with E-state index in [-0.39, 0.29) is 5.91 Å². The van der Waals surface area contributed by atoms with Crippen LogP contribution < -0.4 is 0 Å². The lowest BCUT2D eigenvalue weighted by Gasteiger charge is -2.33. The molecule has 3 heterocycles. The van der Waals surface area contributed by atoms with Crippen LogP contribution in [-0.2, 0) is 6.54 Å². The van der Waals surface area contributed by atoms with Crippen molar-refractivity contribution in [1.82, 2.24) is 19.4 Å². The molecule has 0 saturated carbocycles. The Balaban J connectivity index is 1.60. The Kier molecular flexibility index (Phi) is 5.27. The summed E-state index contributed by atoms with van der Waals surface area (Å²) < 4.78 is 2.27. The van der Waals surface area contributed by atoms with Gasteiger partial charge in [0.05, 0.1) is 20.8 Å². The fourth-order valence-electron chi connectivity index (χ4n) is 3.71. The van der Waals surface area contributed by atoms with Crippen LogP contribution in [-0.4, -0.2) is 58.0 Å². The summed E-state index contributed by atoms with van der Waals surface area (Å²) in [6, 6.07) is 12.3. The summed E-state index contributed by atoms with van der Waals surface area (Å²) in [5, 5.41) is 0. The number of thiophene rings is 1. The first-order chi connectivity index (χ1) is 13.2. The van der Waals surface area contributed by atoms with Crippen molar-refractivity contribution in [2.45, 2.75) is 26.8 Å². The third-order valence-corrected chi connectivity index (χ3v) is 6.31. The summed E-state index contributed by atoms with van der Waals surface area (Å²) in [5.74, 6) is 1.12. The Hall–Kier alpha value is -2.18. The molecule has 0 unspecified atom stereocenters. The van der Waals surface area contributed by atoms with Crippen LogP contribution >= 0.6 is 11.3 Å². The smallest absolute Gasteiger partial charge is 0.264 e. The maximum Gasteiger partial charge on any atom is 0.264 e. The lowest BCUT2D eigenvalue weighted by atomic mass is 10.3. The molecule has 0 atom stereocenters. The average Bonchev–Trinajstić information content (AvgIpc) is 3.33. The molecule has 142 valence electrons. The topological polar surface area (TPSA) is 41.4 Å². The van der Waals surface area contributed by atoms with E-state index < -0.39 is 0 Å². The van der Waals surface area contributed by atoms with Crippen molar-refractivity contribution < 1.29 is 4.79 Å². The Morgan fingerprint density at radius 1 is 1.07 bits per heavy atom. The average molecular weight is 383 g/mol. The van der Waals surface area contributed by atoms with Crippen molar-refractivity contribution in [1.29, 1.82) is 0 Å². The summed E-state index contributed by atoms with van der Waals surface area (Å²) >= 11 is 1.56. The minimum atomic E-state index is 0.153. The highest BCUT2D eigenvalue weighted by Gasteiger charge is 2.23. The van der Waals surface area contributed by atoms with Gasteiger partial charge in [-0.2, -0.15) is 0 Å². The Morgan fingerprint density at radius 3 is 2.59 bits per heavy atom. The number of imidazole rings is 1. The van der Waals surface area contributed by atoms with Gasteiger partial charge < -0.3 is 14.4 Å². The van der Waals surface area contributed by atoms with E-state index in [0.29, 0.717) is 0 Å². The normalized spacial score (nSPS) is 15.6. The van der Waals surface area contributed by atoms with Crippen molar-refractivity contribution in [3.63, 3.8) is 0 Å². The predicted octanol–water partition coefficient (Wildman–Crippen LogP) is 3.95. The molecule has 3 aromatic rings. The van der Waals surface area contributed by atoms with Crippen LogP contribution in [0.3, 0.4) is 0 Å². The molecule has 1 saturated heterocycles. The van der Waals surface area contributed by atoms with Crippen molar-refractivity contribution in [3.8, 4) is 10.7 Å². The third kappa shape index (κ3) is 3.51. The number of carbonyl (C=O) groups excluding carboxylic acids is 1. The largest absolute Gasteiger partial charge is 0.335 e. The van der Waals surface area contributed by atoms with Crippen molar-refractivity contribution in [2.75, 3.05) is 32.7 Å². The SMILES string of the molecule is CCCn1c(-c2ccc(C(=O)N3CCN(CC)CC3)s2)nc2ccccc21. The molecule has 0 radical (unpaired) electrons. The van der Waals surface area contributed by atoms with Gasteiger partial charge in [0, 0.05) is 32.7 Å². The molecule has 1 fully saturated rings. The number of nitrogens with zero attached hydrogens (tertiary/aromatic N) is 4. The highest BCUT2D eigenvalue weighted by molar-refractivity contribution is 7.17. The second kappa shape index (κ2) is 7.82. The van der Waals surface area contributed by atoms with Crippen molar-refractivity contribution in [3.05, 3.63) is 41.3 Å². The second-order valence-corrected chi connectivity index (χ2v) is 8.05. The number of carbonyl (C=O) groups is 1. The van der Waals surface area contributed by atoms with E-state index in [1.165, 1.54) is 0 Å². The zero-order chi connectivity index (χ0) is 18.8. The van der Waals surface area contributed by atoms with E-state index in [2.05, 4.69) is 41.5 Å². The van der Waals surface area contributed by atoms with Gasteiger partial charge in [-0.05, 0) is 37.2 Å². The van der Waals surface area contributed by atoms with E-state index in [1.807, 2.05) is 23.1 Å². The molecule has 0 aliphatic carbocycles. The van der Waals surface area contributed by atoms with Gasteiger partial charge in [-0.15, -0.1) is 11.3 Å². The molecule has 1 amide bonds. The van der Waals surface area contributed by atoms with Crippen LogP contribution in [0.2, 0.25) is 0 Å². The maximum absolute atomic E-state index is 12.9. The standard InChI is InChI=1S/C21H26N4OS/c1-3-11-25-17-8-6-5-7-16(17)22-20(25)18-9-10-19(27-18)21(26)24-14-12-23(4-2)13-15-24/h5-10H,3-4,11-15H2,1-2H3. The number of hydrogen-bond donors (Lipinski definition) is 0. The first-order valence-corrected chi connectivity index (χ1v) is 10.6. The van der Waals surface area contributed by atoms with Gasteiger partial charge in [-0.25, -0.2) is 4.98 Å². The quantitative estimate of drug-likeness (QED) is 0.671. The molecule has 6 heteroatoms. The number of para-hydroxylation sites is 2. The number of amides is 1. The van der Waals surface area contributed by atoms with Crippen LogP contribution in [0, 0.1) is 0 Å². The second-order valence-electron chi connectivity index (χ2n) is 6.97. The minimum absolute atomic E-state index is 0.153. The summed E-state index contributed by atoms with van der Waals surface area (Å²) in [6.07, 6.45) is 1.05. The molecule has 1 aliphatic heterocycles. The Labute approximate surface area is 164 Å². The van der Waals surface area contributed by atoms with Gasteiger partial charge in [-0.3, -0.25) is 4.79 Å². The van der Waals surface area contributed by atoms with Crippen molar-refractivity contribution >= 4 is 28.3 Å². The molecule has 1 aliphatic rings. The number of fused-ring (bicyclic) bond motifs is 1. The summed E-state index contributed by atoms with van der Waals surface area (Å²) in [7, 11) is 0. The zero-order valence-corrected chi connectivity index (χ0v) is 16.8. The van der Waals surface area contributed by atoms with Crippen LogP contribution in [0.4, 0.5) is 0 Å². The number of hydrogen-bond acceptors (Lipinski definition) is 4. The first-order valence-electron chi connectivity index (χ1n) is 9.78. The predicted molar refractivity (Wildman–Crippen MR) is 111 cm³/mol. The number of benzene rings is 1.